The van der Waals surface area contributed by atoms with Crippen LogP contribution in [-0.2, 0) is 6.42 Å². The van der Waals surface area contributed by atoms with Gasteiger partial charge in [-0.05, 0) is 43.4 Å². The molecule has 1 heterocycles. The van der Waals surface area contributed by atoms with E-state index in [0.717, 1.165) is 42.4 Å². The van der Waals surface area contributed by atoms with Crippen molar-refractivity contribution in [3.63, 3.8) is 0 Å². The van der Waals surface area contributed by atoms with E-state index in [0.29, 0.717) is 0 Å². The van der Waals surface area contributed by atoms with Crippen LogP contribution in [-0.4, -0.2) is 10.2 Å². The number of aromatic nitrogens is 2. The molecule has 0 saturated heterocycles. The molecule has 0 aromatic carbocycles. The van der Waals surface area contributed by atoms with Gasteiger partial charge in [0.2, 0.25) is 11.8 Å². The van der Waals surface area contributed by atoms with Crippen molar-refractivity contribution in [2.45, 2.75) is 50.3 Å². The van der Waals surface area contributed by atoms with Gasteiger partial charge in [0, 0.05) is 6.42 Å². The van der Waals surface area contributed by atoms with E-state index in [1.165, 1.54) is 25.7 Å². The summed E-state index contributed by atoms with van der Waals surface area (Å²) in [7, 11) is 0. The van der Waals surface area contributed by atoms with Crippen LogP contribution in [0.1, 0.15) is 55.6 Å². The highest BCUT2D eigenvalue weighted by molar-refractivity contribution is 9.09. The largest absolute Gasteiger partial charge is 0.424 e. The lowest BCUT2D eigenvalue weighted by atomic mass is 9.86. The topological polar surface area (TPSA) is 38.9 Å². The maximum absolute atomic E-state index is 5.74. The van der Waals surface area contributed by atoms with Crippen molar-refractivity contribution in [2.75, 3.05) is 0 Å². The van der Waals surface area contributed by atoms with Crippen LogP contribution in [0.2, 0.25) is 0 Å². The van der Waals surface area contributed by atoms with Gasteiger partial charge in [-0.15, -0.1) is 10.2 Å². The van der Waals surface area contributed by atoms with Crippen LogP contribution in [0, 0.1) is 17.8 Å². The summed E-state index contributed by atoms with van der Waals surface area (Å²) in [5.41, 5.74) is 0. The number of hydrogen-bond acceptors (Lipinski definition) is 3. The van der Waals surface area contributed by atoms with Gasteiger partial charge >= 0.3 is 0 Å². The summed E-state index contributed by atoms with van der Waals surface area (Å²) in [5, 5.41) is 8.31. The molecule has 2 aliphatic rings. The fraction of sp³-hybridized carbons (Fsp3) is 0.846. The van der Waals surface area contributed by atoms with E-state index in [1.54, 1.807) is 0 Å². The molecule has 1 aromatic heterocycles. The Bertz CT molecular complexity index is 393. The predicted octanol–water partition coefficient (Wildman–Crippen LogP) is 3.89. The van der Waals surface area contributed by atoms with Crippen LogP contribution in [0.3, 0.4) is 0 Å². The smallest absolute Gasteiger partial charge is 0.230 e. The third-order valence-corrected chi connectivity index (χ3v) is 5.47. The molecule has 4 unspecified atom stereocenters. The molecule has 94 valence electrons. The number of nitrogens with zero attached hydrogens (tertiary/aromatic N) is 2. The molecule has 3 rings (SSSR count). The Hall–Kier alpha value is -0.380. The fourth-order valence-electron chi connectivity index (χ4n) is 3.50. The van der Waals surface area contributed by atoms with Crippen molar-refractivity contribution in [3.05, 3.63) is 11.8 Å². The summed E-state index contributed by atoms with van der Waals surface area (Å²) < 4.78 is 5.74. The van der Waals surface area contributed by atoms with Crippen LogP contribution in [0.4, 0.5) is 0 Å². The third-order valence-electron chi connectivity index (χ3n) is 4.43. The lowest BCUT2D eigenvalue weighted by molar-refractivity contribution is 0.303. The molecular formula is C13H19BrN2O. The Balaban J connectivity index is 1.63. The van der Waals surface area contributed by atoms with Crippen molar-refractivity contribution < 1.29 is 4.42 Å². The predicted molar refractivity (Wildman–Crippen MR) is 68.9 cm³/mol. The van der Waals surface area contributed by atoms with E-state index in [-0.39, 0.29) is 4.83 Å². The average Bonchev–Trinajstić information content (AvgIpc) is 3.03. The average molecular weight is 299 g/mol. The second-order valence-corrected chi connectivity index (χ2v) is 6.65. The Kier molecular flexibility index (Phi) is 3.24. The van der Waals surface area contributed by atoms with E-state index < -0.39 is 0 Å². The first kappa shape index (κ1) is 11.7. The third kappa shape index (κ3) is 2.28. The minimum atomic E-state index is 0.212. The number of rotatable bonds is 4. The van der Waals surface area contributed by atoms with E-state index >= 15 is 0 Å². The molecule has 4 heteroatoms. The summed E-state index contributed by atoms with van der Waals surface area (Å²) in [6.07, 6.45) is 7.69. The zero-order chi connectivity index (χ0) is 11.8. The van der Waals surface area contributed by atoms with Crippen molar-refractivity contribution in [1.82, 2.24) is 10.2 Å². The molecular weight excluding hydrogens is 280 g/mol. The van der Waals surface area contributed by atoms with Gasteiger partial charge < -0.3 is 4.42 Å². The van der Waals surface area contributed by atoms with Crippen molar-refractivity contribution in [1.29, 1.82) is 0 Å². The van der Waals surface area contributed by atoms with E-state index in [9.17, 15) is 0 Å². The van der Waals surface area contributed by atoms with E-state index in [2.05, 4.69) is 33.1 Å². The molecule has 0 radical (unpaired) electrons. The van der Waals surface area contributed by atoms with E-state index in [4.69, 9.17) is 4.42 Å². The van der Waals surface area contributed by atoms with Gasteiger partial charge in [0.05, 0.1) is 4.83 Å². The lowest BCUT2D eigenvalue weighted by Crippen LogP contribution is -2.13. The molecule has 0 spiro atoms. The van der Waals surface area contributed by atoms with E-state index in [1.807, 2.05) is 0 Å². The Morgan fingerprint density at radius 3 is 2.88 bits per heavy atom. The van der Waals surface area contributed by atoms with Gasteiger partial charge in [0.1, 0.15) is 0 Å². The SMILES string of the molecule is CCC(Br)c1nnc(CC2CC3CCC2C3)o1. The Morgan fingerprint density at radius 2 is 2.24 bits per heavy atom. The normalized spacial score (nSPS) is 33.2. The molecule has 3 nitrogen and oxygen atoms in total. The molecule has 2 saturated carbocycles. The second kappa shape index (κ2) is 4.71. The first-order chi connectivity index (χ1) is 8.26. The standard InChI is InChI=1S/C13H19BrN2O/c1-2-11(14)13-16-15-12(17-13)7-10-6-8-3-4-9(10)5-8/h8-11H,2-7H2,1H3. The van der Waals surface area contributed by atoms with Crippen LogP contribution < -0.4 is 0 Å². The highest BCUT2D eigenvalue weighted by Crippen LogP contribution is 2.49. The zero-order valence-corrected chi connectivity index (χ0v) is 11.8. The summed E-state index contributed by atoms with van der Waals surface area (Å²) in [6, 6.07) is 0. The maximum Gasteiger partial charge on any atom is 0.230 e. The fourth-order valence-corrected chi connectivity index (χ4v) is 3.69. The molecule has 1 aromatic rings. The zero-order valence-electron chi connectivity index (χ0n) is 10.2. The summed E-state index contributed by atoms with van der Waals surface area (Å²) >= 11 is 3.55. The number of hydrogen-bond donors (Lipinski definition) is 0. The Labute approximate surface area is 111 Å². The quantitative estimate of drug-likeness (QED) is 0.792. The number of fused-ring (bicyclic) bond motifs is 2. The van der Waals surface area contributed by atoms with Gasteiger partial charge in [-0.1, -0.05) is 29.3 Å². The molecule has 0 N–H and O–H groups in total. The molecule has 17 heavy (non-hydrogen) atoms. The van der Waals surface area contributed by atoms with Crippen molar-refractivity contribution in [3.8, 4) is 0 Å². The second-order valence-electron chi connectivity index (χ2n) is 5.55. The van der Waals surface area contributed by atoms with Crippen LogP contribution in [0.15, 0.2) is 4.42 Å². The molecule has 2 bridgehead atoms. The molecule has 2 fully saturated rings. The van der Waals surface area contributed by atoms with Crippen LogP contribution >= 0.6 is 15.9 Å². The summed E-state index contributed by atoms with van der Waals surface area (Å²) in [6.45, 7) is 2.11. The number of halogens is 1. The number of alkyl halides is 1. The highest BCUT2D eigenvalue weighted by Gasteiger charge is 2.40. The first-order valence-corrected chi connectivity index (χ1v) is 7.64. The molecule has 2 aliphatic carbocycles. The minimum absolute atomic E-state index is 0.212. The maximum atomic E-state index is 5.74. The molecule has 0 amide bonds. The minimum Gasteiger partial charge on any atom is -0.424 e. The van der Waals surface area contributed by atoms with Gasteiger partial charge in [0.25, 0.3) is 0 Å². The first-order valence-electron chi connectivity index (χ1n) is 6.72. The van der Waals surface area contributed by atoms with Gasteiger partial charge in [0.15, 0.2) is 0 Å². The summed E-state index contributed by atoms with van der Waals surface area (Å²) in [5.74, 6) is 4.31. The van der Waals surface area contributed by atoms with Gasteiger partial charge in [-0.2, -0.15) is 0 Å². The van der Waals surface area contributed by atoms with Gasteiger partial charge in [-0.3, -0.25) is 0 Å². The Morgan fingerprint density at radius 1 is 1.35 bits per heavy atom. The molecule has 0 aliphatic heterocycles. The lowest BCUT2D eigenvalue weighted by Gasteiger charge is -2.19. The summed E-state index contributed by atoms with van der Waals surface area (Å²) in [4.78, 5) is 0.212. The van der Waals surface area contributed by atoms with Crippen LogP contribution in [0.25, 0.3) is 0 Å². The monoisotopic (exact) mass is 298 g/mol. The van der Waals surface area contributed by atoms with Crippen LogP contribution in [0.5, 0.6) is 0 Å². The van der Waals surface area contributed by atoms with Crippen molar-refractivity contribution >= 4 is 15.9 Å². The highest BCUT2D eigenvalue weighted by atomic mass is 79.9. The van der Waals surface area contributed by atoms with Crippen molar-refractivity contribution in [2.24, 2.45) is 17.8 Å². The van der Waals surface area contributed by atoms with Gasteiger partial charge in [-0.25, -0.2) is 0 Å². The molecule has 4 atom stereocenters.